The van der Waals surface area contributed by atoms with Gasteiger partial charge in [-0.3, -0.25) is 9.59 Å². The molecule has 0 radical (unpaired) electrons. The van der Waals surface area contributed by atoms with E-state index in [1.54, 1.807) is 36.2 Å². The van der Waals surface area contributed by atoms with Crippen molar-refractivity contribution in [2.45, 2.75) is 0 Å². The lowest BCUT2D eigenvalue weighted by Gasteiger charge is -2.21. The van der Waals surface area contributed by atoms with Crippen molar-refractivity contribution >= 4 is 51.7 Å². The molecule has 134 valence electrons. The molecule has 0 spiro atoms. The van der Waals surface area contributed by atoms with Crippen molar-refractivity contribution in [3.05, 3.63) is 87.7 Å². The fourth-order valence-corrected chi connectivity index (χ4v) is 3.97. The minimum Gasteiger partial charge on any atom is -0.339 e. The van der Waals surface area contributed by atoms with Crippen molar-refractivity contribution < 1.29 is 9.59 Å². The molecular weight excluding hydrogens is 380 g/mol. The van der Waals surface area contributed by atoms with Crippen LogP contribution in [0.3, 0.4) is 0 Å². The third-order valence-electron chi connectivity index (χ3n) is 4.39. The van der Waals surface area contributed by atoms with Crippen molar-refractivity contribution in [3.63, 3.8) is 0 Å². The van der Waals surface area contributed by atoms with E-state index in [1.165, 1.54) is 16.2 Å². The van der Waals surface area contributed by atoms with Crippen LogP contribution in [-0.2, 0) is 9.59 Å². The summed E-state index contributed by atoms with van der Waals surface area (Å²) in [5.74, 6) is -0.681. The molecule has 27 heavy (non-hydrogen) atoms. The van der Waals surface area contributed by atoms with Gasteiger partial charge in [0.1, 0.15) is 5.70 Å². The van der Waals surface area contributed by atoms with Gasteiger partial charge in [-0.2, -0.15) is 0 Å². The Morgan fingerprint density at radius 3 is 2.22 bits per heavy atom. The highest BCUT2D eigenvalue weighted by atomic mass is 35.5. The van der Waals surface area contributed by atoms with E-state index in [9.17, 15) is 9.59 Å². The minimum atomic E-state index is -0.350. The molecule has 1 aliphatic heterocycles. The van der Waals surface area contributed by atoms with Crippen molar-refractivity contribution in [2.75, 3.05) is 16.8 Å². The molecule has 0 aliphatic carbocycles. The lowest BCUT2D eigenvalue weighted by atomic mass is 10.1. The number of carbonyl (C=O) groups is 2. The average Bonchev–Trinajstić information content (AvgIpc) is 3.29. The van der Waals surface area contributed by atoms with E-state index >= 15 is 0 Å². The lowest BCUT2D eigenvalue weighted by Crippen LogP contribution is -2.34. The standard InChI is InChI=1S/C21H15ClN2O2S/c1-23(15-6-3-2-4-7-15)19-18(17-8-5-13-27-17)20(25)24(21(19)26)16-11-9-14(22)10-12-16/h2-13H,1H3. The van der Waals surface area contributed by atoms with Gasteiger partial charge in [0.05, 0.1) is 11.3 Å². The second-order valence-corrected chi connectivity index (χ2v) is 7.40. The molecule has 6 heteroatoms. The first kappa shape index (κ1) is 17.5. The molecular formula is C21H15ClN2O2S. The van der Waals surface area contributed by atoms with Crippen LogP contribution < -0.4 is 9.80 Å². The normalized spacial score (nSPS) is 14.2. The largest absolute Gasteiger partial charge is 0.339 e. The van der Waals surface area contributed by atoms with Crippen molar-refractivity contribution in [3.8, 4) is 0 Å². The van der Waals surface area contributed by atoms with Crippen LogP contribution in [0, 0.1) is 0 Å². The SMILES string of the molecule is CN(C1=C(c2cccs2)C(=O)N(c2ccc(Cl)cc2)C1=O)c1ccccc1. The molecule has 2 heterocycles. The van der Waals surface area contributed by atoms with Crippen molar-refractivity contribution in [1.82, 2.24) is 0 Å². The smallest absolute Gasteiger partial charge is 0.282 e. The molecule has 0 N–H and O–H groups in total. The van der Waals surface area contributed by atoms with Crippen LogP contribution in [0.1, 0.15) is 4.88 Å². The summed E-state index contributed by atoms with van der Waals surface area (Å²) in [7, 11) is 1.80. The molecule has 0 fully saturated rings. The number of likely N-dealkylation sites (N-methyl/N-ethyl adjacent to an activating group) is 1. The molecule has 0 atom stereocenters. The van der Waals surface area contributed by atoms with Gasteiger partial charge >= 0.3 is 0 Å². The van der Waals surface area contributed by atoms with E-state index < -0.39 is 0 Å². The zero-order chi connectivity index (χ0) is 19.0. The van der Waals surface area contributed by atoms with Gasteiger partial charge in [0, 0.05) is 22.6 Å². The summed E-state index contributed by atoms with van der Waals surface area (Å²) in [5.41, 5.74) is 2.11. The quantitative estimate of drug-likeness (QED) is 0.595. The number of anilines is 2. The average molecular weight is 395 g/mol. The number of nitrogens with zero attached hydrogens (tertiary/aromatic N) is 2. The molecule has 0 saturated heterocycles. The van der Waals surface area contributed by atoms with Gasteiger partial charge in [0.15, 0.2) is 0 Å². The highest BCUT2D eigenvalue weighted by Gasteiger charge is 2.42. The Bertz CT molecular complexity index is 1030. The van der Waals surface area contributed by atoms with E-state index in [0.717, 1.165) is 10.6 Å². The Kier molecular flexibility index (Phi) is 4.56. The van der Waals surface area contributed by atoms with Gasteiger partial charge in [-0.25, -0.2) is 4.90 Å². The zero-order valence-electron chi connectivity index (χ0n) is 14.4. The molecule has 1 aliphatic rings. The summed E-state index contributed by atoms with van der Waals surface area (Å²) in [6.45, 7) is 0. The molecule has 1 aromatic heterocycles. The number of hydrogen-bond donors (Lipinski definition) is 0. The highest BCUT2D eigenvalue weighted by Crippen LogP contribution is 2.37. The first-order valence-corrected chi connectivity index (χ1v) is 9.55. The third-order valence-corrected chi connectivity index (χ3v) is 5.53. The molecule has 4 nitrogen and oxygen atoms in total. The minimum absolute atomic E-state index is 0.331. The van der Waals surface area contributed by atoms with Gasteiger partial charge in [-0.05, 0) is 47.8 Å². The molecule has 0 unspecified atom stereocenters. The maximum atomic E-state index is 13.3. The topological polar surface area (TPSA) is 40.6 Å². The van der Waals surface area contributed by atoms with Crippen molar-refractivity contribution in [2.24, 2.45) is 0 Å². The Hall–Kier alpha value is -2.89. The monoisotopic (exact) mass is 394 g/mol. The number of rotatable bonds is 4. The van der Waals surface area contributed by atoms with Crippen LogP contribution in [-0.4, -0.2) is 18.9 Å². The summed E-state index contributed by atoms with van der Waals surface area (Å²) in [4.78, 5) is 30.3. The Labute approximate surface area is 165 Å². The molecule has 2 aromatic carbocycles. The summed E-state index contributed by atoms with van der Waals surface area (Å²) >= 11 is 7.39. The fraction of sp³-hybridized carbons (Fsp3) is 0.0476. The predicted octanol–water partition coefficient (Wildman–Crippen LogP) is 4.82. The van der Waals surface area contributed by atoms with Gasteiger partial charge in [-0.15, -0.1) is 11.3 Å². The first-order valence-electron chi connectivity index (χ1n) is 8.29. The van der Waals surface area contributed by atoms with Crippen molar-refractivity contribution in [1.29, 1.82) is 0 Å². The lowest BCUT2D eigenvalue weighted by molar-refractivity contribution is -0.120. The summed E-state index contributed by atoms with van der Waals surface area (Å²) < 4.78 is 0. The van der Waals surface area contributed by atoms with Gasteiger partial charge in [0.2, 0.25) is 0 Å². The Morgan fingerprint density at radius 1 is 0.889 bits per heavy atom. The van der Waals surface area contributed by atoms with Gasteiger partial charge in [0.25, 0.3) is 11.8 Å². The van der Waals surface area contributed by atoms with Crippen LogP contribution in [0.15, 0.2) is 77.8 Å². The number of thiophene rings is 1. The number of carbonyl (C=O) groups excluding carboxylic acids is 2. The van der Waals surface area contributed by atoms with Crippen LogP contribution in [0.5, 0.6) is 0 Å². The number of imide groups is 1. The number of halogens is 1. The van der Waals surface area contributed by atoms with E-state index in [2.05, 4.69) is 0 Å². The summed E-state index contributed by atoms with van der Waals surface area (Å²) in [6, 6.07) is 19.9. The fourth-order valence-electron chi connectivity index (χ4n) is 3.08. The number of hydrogen-bond acceptors (Lipinski definition) is 4. The number of amides is 2. The van der Waals surface area contributed by atoms with Crippen LogP contribution in [0.25, 0.3) is 5.57 Å². The van der Waals surface area contributed by atoms with E-state index in [0.29, 0.717) is 22.0 Å². The maximum Gasteiger partial charge on any atom is 0.282 e. The molecule has 0 bridgehead atoms. The zero-order valence-corrected chi connectivity index (χ0v) is 16.0. The van der Waals surface area contributed by atoms with Crippen LogP contribution >= 0.6 is 22.9 Å². The molecule has 2 amide bonds. The number of para-hydroxylation sites is 1. The predicted molar refractivity (Wildman–Crippen MR) is 110 cm³/mol. The van der Waals surface area contributed by atoms with Crippen LogP contribution in [0.2, 0.25) is 5.02 Å². The van der Waals surface area contributed by atoms with Gasteiger partial charge in [-0.1, -0.05) is 35.9 Å². The summed E-state index contributed by atoms with van der Waals surface area (Å²) in [5, 5.41) is 2.44. The summed E-state index contributed by atoms with van der Waals surface area (Å²) in [6.07, 6.45) is 0. The second-order valence-electron chi connectivity index (χ2n) is 6.02. The maximum absolute atomic E-state index is 13.3. The molecule has 0 saturated carbocycles. The van der Waals surface area contributed by atoms with E-state index in [4.69, 9.17) is 11.6 Å². The van der Waals surface area contributed by atoms with E-state index in [1.807, 2.05) is 47.8 Å². The number of benzene rings is 2. The molecule has 3 aromatic rings. The highest BCUT2D eigenvalue weighted by molar-refractivity contribution is 7.11. The van der Waals surface area contributed by atoms with Gasteiger partial charge < -0.3 is 4.90 Å². The second kappa shape index (κ2) is 7.02. The first-order chi connectivity index (χ1) is 13.1. The Balaban J connectivity index is 1.85. The van der Waals surface area contributed by atoms with Crippen LogP contribution in [0.4, 0.5) is 11.4 Å². The Morgan fingerprint density at radius 2 is 1.59 bits per heavy atom. The third kappa shape index (κ3) is 3.05. The van der Waals surface area contributed by atoms with E-state index in [-0.39, 0.29) is 11.8 Å². The molecule has 4 rings (SSSR count).